The largest absolute Gasteiger partial charge is 0.100 e. The van der Waals surface area contributed by atoms with Crippen molar-refractivity contribution in [2.45, 2.75) is 42.0 Å². The third kappa shape index (κ3) is 8.05. The van der Waals surface area contributed by atoms with Crippen molar-refractivity contribution in [1.82, 2.24) is 0 Å². The van der Waals surface area contributed by atoms with Gasteiger partial charge in [0.25, 0.3) is 0 Å². The summed E-state index contributed by atoms with van der Waals surface area (Å²) in [5.41, 5.74) is 5.14. The second kappa shape index (κ2) is 8.96. The highest BCUT2D eigenvalue weighted by Gasteiger charge is 1.91. The molecule has 0 spiro atoms. The minimum Gasteiger partial charge on any atom is -0.100 e. The van der Waals surface area contributed by atoms with Gasteiger partial charge >= 0.3 is 0 Å². The minimum absolute atomic E-state index is 0. The molecule has 0 bridgehead atoms. The average molecular weight is 218 g/mol. The molecule has 0 unspecified atom stereocenters. The second-order valence-corrected chi connectivity index (χ2v) is 4.04. The fourth-order valence-corrected chi connectivity index (χ4v) is 0.983. The molecule has 0 nitrogen and oxygen atoms in total. The summed E-state index contributed by atoms with van der Waals surface area (Å²) in [7, 11) is 0. The molecule has 0 N–H and O–H groups in total. The van der Waals surface area contributed by atoms with Gasteiger partial charge in [0.2, 0.25) is 0 Å². The van der Waals surface area contributed by atoms with Crippen LogP contribution in [0.5, 0.6) is 0 Å². The molecule has 0 aromatic heterocycles. The molecule has 0 aliphatic rings. The lowest BCUT2D eigenvalue weighted by molar-refractivity contribution is 1.42. The van der Waals surface area contributed by atoms with Crippen LogP contribution >= 0.6 is 0 Å². The van der Waals surface area contributed by atoms with Gasteiger partial charge in [-0.05, 0) is 45.8 Å². The van der Waals surface area contributed by atoms with E-state index >= 15 is 0 Å². The molecule has 0 heterocycles. The summed E-state index contributed by atoms with van der Waals surface area (Å²) >= 11 is 0. The molecule has 0 atom stereocenters. The summed E-state index contributed by atoms with van der Waals surface area (Å²) in [6.45, 7) is 13.8. The monoisotopic (exact) mass is 218 g/mol. The molecule has 0 amide bonds. The Bertz CT molecular complexity index is 322. The molecular formula is C16H26. The van der Waals surface area contributed by atoms with E-state index in [1.165, 1.54) is 22.3 Å². The summed E-state index contributed by atoms with van der Waals surface area (Å²) in [5, 5.41) is 0. The number of benzene rings is 1. The van der Waals surface area contributed by atoms with E-state index in [9.17, 15) is 0 Å². The Balaban J connectivity index is 0. The van der Waals surface area contributed by atoms with E-state index in [-0.39, 0.29) is 7.43 Å². The third-order valence-electron chi connectivity index (χ3n) is 1.94. The molecular weight excluding hydrogens is 192 g/mol. The number of hydrogen-bond acceptors (Lipinski definition) is 0. The topological polar surface area (TPSA) is 0 Å². The Morgan fingerprint density at radius 1 is 1.06 bits per heavy atom. The Hall–Kier alpha value is -1.30. The van der Waals surface area contributed by atoms with E-state index in [4.69, 9.17) is 0 Å². The zero-order chi connectivity index (χ0) is 11.8. The summed E-state index contributed by atoms with van der Waals surface area (Å²) < 4.78 is 0. The molecule has 1 aromatic rings. The third-order valence-corrected chi connectivity index (χ3v) is 1.94. The van der Waals surface area contributed by atoms with Crippen LogP contribution < -0.4 is 0 Å². The number of rotatable bonds is 1. The van der Waals surface area contributed by atoms with Crippen molar-refractivity contribution in [3.63, 3.8) is 0 Å². The summed E-state index contributed by atoms with van der Waals surface area (Å²) in [5.74, 6) is 0. The minimum atomic E-state index is 0. The maximum atomic E-state index is 3.56. The van der Waals surface area contributed by atoms with Crippen molar-refractivity contribution in [3.8, 4) is 0 Å². The lowest BCUT2D eigenvalue weighted by Gasteiger charge is -1.99. The quantitative estimate of drug-likeness (QED) is 0.535. The van der Waals surface area contributed by atoms with Gasteiger partial charge in [0.15, 0.2) is 0 Å². The first-order chi connectivity index (χ1) is 6.97. The van der Waals surface area contributed by atoms with Gasteiger partial charge in [-0.3, -0.25) is 0 Å². The molecule has 1 rings (SSSR count). The zero-order valence-electron chi connectivity index (χ0n) is 10.6. The molecule has 16 heavy (non-hydrogen) atoms. The molecule has 0 heteroatoms. The van der Waals surface area contributed by atoms with Crippen molar-refractivity contribution in [3.05, 3.63) is 53.6 Å². The van der Waals surface area contributed by atoms with Crippen molar-refractivity contribution in [1.29, 1.82) is 0 Å². The van der Waals surface area contributed by atoms with E-state index in [1.807, 2.05) is 13.8 Å². The highest BCUT2D eigenvalue weighted by Crippen LogP contribution is 2.13. The molecule has 1 aromatic carbocycles. The van der Waals surface area contributed by atoms with Crippen LogP contribution in [0.2, 0.25) is 0 Å². The van der Waals surface area contributed by atoms with Crippen molar-refractivity contribution in [2.75, 3.05) is 0 Å². The van der Waals surface area contributed by atoms with Gasteiger partial charge in [0.1, 0.15) is 0 Å². The van der Waals surface area contributed by atoms with Crippen LogP contribution in [0.4, 0.5) is 0 Å². The first-order valence-corrected chi connectivity index (χ1v) is 5.29. The number of hydrogen-bond donors (Lipinski definition) is 0. The molecule has 0 aliphatic carbocycles. The summed E-state index contributed by atoms with van der Waals surface area (Å²) in [4.78, 5) is 0. The van der Waals surface area contributed by atoms with E-state index in [0.717, 1.165) is 0 Å². The second-order valence-electron chi connectivity index (χ2n) is 4.04. The average Bonchev–Trinajstić information content (AvgIpc) is 2.17. The molecule has 0 fully saturated rings. The fourth-order valence-electron chi connectivity index (χ4n) is 0.983. The van der Waals surface area contributed by atoms with Crippen LogP contribution in [0.1, 0.15) is 46.2 Å². The molecule has 90 valence electrons. The van der Waals surface area contributed by atoms with Crippen LogP contribution in [0.25, 0.3) is 5.57 Å². The van der Waals surface area contributed by atoms with Crippen LogP contribution in [0.3, 0.4) is 0 Å². The van der Waals surface area contributed by atoms with Crippen LogP contribution in [-0.2, 0) is 0 Å². The molecule has 0 saturated heterocycles. The smallest absolute Gasteiger partial charge is 0.0230 e. The Kier molecular flexibility index (Phi) is 9.58. The lowest BCUT2D eigenvalue weighted by atomic mass is 10.1. The highest BCUT2D eigenvalue weighted by atomic mass is 14.0. The first-order valence-electron chi connectivity index (χ1n) is 5.29. The first kappa shape index (κ1) is 17.1. The molecule has 0 saturated carbocycles. The standard InChI is InChI=1S/C11H14.C4H8.CH4/c1-4-10(3)11-7-5-9(2)6-8-11;1-4(2)3;/h4-8H,1-3H3;1H2,2-3H3;1H4/b10-4+;;. The normalized spacial score (nSPS) is 9.69. The summed E-state index contributed by atoms with van der Waals surface area (Å²) in [6.07, 6.45) is 2.13. The fraction of sp³-hybridized carbons (Fsp3) is 0.375. The molecule has 0 radical (unpaired) electrons. The maximum absolute atomic E-state index is 3.56. The summed E-state index contributed by atoms with van der Waals surface area (Å²) in [6, 6.07) is 8.60. The van der Waals surface area contributed by atoms with Gasteiger partial charge in [-0.15, -0.1) is 6.58 Å². The van der Waals surface area contributed by atoms with E-state index < -0.39 is 0 Å². The van der Waals surface area contributed by atoms with Crippen molar-refractivity contribution < 1.29 is 0 Å². The maximum Gasteiger partial charge on any atom is -0.0230 e. The SMILES string of the molecule is C.C/C=C(\C)c1ccc(C)cc1.C=C(C)C. The Labute approximate surface area is 102 Å². The van der Waals surface area contributed by atoms with E-state index in [0.29, 0.717) is 0 Å². The van der Waals surface area contributed by atoms with Gasteiger partial charge in [0.05, 0.1) is 0 Å². The van der Waals surface area contributed by atoms with Gasteiger partial charge in [0, 0.05) is 0 Å². The Morgan fingerprint density at radius 2 is 1.44 bits per heavy atom. The van der Waals surface area contributed by atoms with Crippen LogP contribution in [0, 0.1) is 6.92 Å². The number of allylic oxidation sites excluding steroid dienone is 3. The van der Waals surface area contributed by atoms with Crippen LogP contribution in [0.15, 0.2) is 42.5 Å². The van der Waals surface area contributed by atoms with E-state index in [2.05, 4.69) is 57.7 Å². The van der Waals surface area contributed by atoms with Crippen molar-refractivity contribution in [2.24, 2.45) is 0 Å². The number of aryl methyl sites for hydroxylation is 1. The van der Waals surface area contributed by atoms with Gasteiger partial charge < -0.3 is 0 Å². The van der Waals surface area contributed by atoms with E-state index in [1.54, 1.807) is 0 Å². The van der Waals surface area contributed by atoms with Gasteiger partial charge in [-0.1, -0.05) is 48.9 Å². The van der Waals surface area contributed by atoms with Gasteiger partial charge in [-0.2, -0.15) is 0 Å². The van der Waals surface area contributed by atoms with Gasteiger partial charge in [-0.25, -0.2) is 0 Å². The predicted octanol–water partition coefficient (Wildman–Crippen LogP) is 5.64. The zero-order valence-corrected chi connectivity index (χ0v) is 10.6. The van der Waals surface area contributed by atoms with Crippen molar-refractivity contribution >= 4 is 5.57 Å². The highest BCUT2D eigenvalue weighted by molar-refractivity contribution is 5.63. The Morgan fingerprint density at radius 3 is 1.75 bits per heavy atom. The lowest BCUT2D eigenvalue weighted by Crippen LogP contribution is -1.78. The van der Waals surface area contributed by atoms with Crippen LogP contribution in [-0.4, -0.2) is 0 Å². The molecule has 0 aliphatic heterocycles. The predicted molar refractivity (Wildman–Crippen MR) is 77.7 cm³/mol.